The van der Waals surface area contributed by atoms with Crippen molar-refractivity contribution in [2.24, 2.45) is 0 Å². The zero-order chi connectivity index (χ0) is 19.0. The fraction of sp³-hybridized carbons (Fsp3) is 0.923. The molecule has 2 aliphatic rings. The summed E-state index contributed by atoms with van der Waals surface area (Å²) in [5.74, 6) is -0.432. The molecular weight excluding hydrogens is 388 g/mol. The van der Waals surface area contributed by atoms with E-state index in [-0.39, 0.29) is 24.6 Å². The summed E-state index contributed by atoms with van der Waals surface area (Å²) in [6, 6.07) is -0.598. The molecule has 0 aliphatic carbocycles. The maximum Gasteiger partial charge on any atom is 0.314 e. The van der Waals surface area contributed by atoms with Crippen LogP contribution in [0, 0.1) is 0 Å². The van der Waals surface area contributed by atoms with Crippen molar-refractivity contribution in [1.82, 2.24) is 19.2 Å². The van der Waals surface area contributed by atoms with Crippen LogP contribution in [0.5, 0.6) is 0 Å². The molecule has 2 N–H and O–H groups in total. The first-order valence-corrected chi connectivity index (χ1v) is 11.7. The highest BCUT2D eigenvalue weighted by atomic mass is 32.2. The monoisotopic (exact) mass is 414 g/mol. The van der Waals surface area contributed by atoms with Gasteiger partial charge in [0.05, 0.1) is 37.9 Å². The average Bonchev–Trinajstić information content (AvgIpc) is 2.63. The lowest BCUT2D eigenvalue weighted by atomic mass is 10.5. The Morgan fingerprint density at radius 3 is 1.42 bits per heavy atom. The molecule has 0 radical (unpaired) electrons. The van der Waals surface area contributed by atoms with Gasteiger partial charge in [0, 0.05) is 39.3 Å². The molecule has 0 saturated carbocycles. The van der Waals surface area contributed by atoms with Crippen molar-refractivity contribution in [2.45, 2.75) is 0 Å². The third-order valence-corrected chi connectivity index (χ3v) is 7.76. The molecule has 11 nitrogen and oxygen atoms in total. The summed E-state index contributed by atoms with van der Waals surface area (Å²) in [7, 11) is -6.88. The predicted octanol–water partition coefficient (Wildman–Crippen LogP) is -2.39. The second-order valence-corrected chi connectivity index (χ2v) is 10.0. The maximum atomic E-state index is 12.1. The molecule has 0 bridgehead atoms. The van der Waals surface area contributed by atoms with E-state index < -0.39 is 26.1 Å². The van der Waals surface area contributed by atoms with Crippen molar-refractivity contribution < 1.29 is 31.1 Å². The van der Waals surface area contributed by atoms with Gasteiger partial charge < -0.3 is 20.1 Å². The molecule has 2 amide bonds. The summed E-state index contributed by atoms with van der Waals surface area (Å²) in [6.45, 7) is 2.61. The van der Waals surface area contributed by atoms with Crippen LogP contribution in [0.2, 0.25) is 0 Å². The number of nitrogens with zero attached hydrogens (tertiary/aromatic N) is 2. The maximum absolute atomic E-state index is 12.1. The van der Waals surface area contributed by atoms with Crippen molar-refractivity contribution in [3.8, 4) is 0 Å². The van der Waals surface area contributed by atoms with E-state index in [4.69, 9.17) is 9.47 Å². The standard InChI is InChI=1S/C13H26N4O7S2/c18-13(14-1-11-25(19,20)16-3-7-23-8-4-16)15-2-12-26(21,22)17-5-9-24-10-6-17/h1-12H2,(H2,14,15,18). The van der Waals surface area contributed by atoms with Gasteiger partial charge in [0.25, 0.3) is 0 Å². The highest BCUT2D eigenvalue weighted by Gasteiger charge is 2.25. The molecular formula is C13H26N4O7S2. The third-order valence-electron chi connectivity index (χ3n) is 4.02. The molecule has 0 aromatic carbocycles. The second-order valence-electron chi connectivity index (χ2n) is 5.84. The Kier molecular flexibility index (Phi) is 8.04. The smallest absolute Gasteiger partial charge is 0.314 e. The first-order chi connectivity index (χ1) is 12.3. The number of carbonyl (C=O) groups excluding carboxylic acids is 1. The minimum Gasteiger partial charge on any atom is -0.379 e. The molecule has 0 aromatic rings. The molecule has 152 valence electrons. The first-order valence-electron chi connectivity index (χ1n) is 8.44. The molecule has 2 saturated heterocycles. The van der Waals surface area contributed by atoms with Crippen molar-refractivity contribution in [2.75, 3.05) is 77.2 Å². The van der Waals surface area contributed by atoms with Gasteiger partial charge in [0.2, 0.25) is 20.0 Å². The van der Waals surface area contributed by atoms with E-state index in [2.05, 4.69) is 10.6 Å². The zero-order valence-corrected chi connectivity index (χ0v) is 16.2. The summed E-state index contributed by atoms with van der Waals surface area (Å²) in [5.41, 5.74) is 0. The fourth-order valence-electron chi connectivity index (χ4n) is 2.56. The minimum atomic E-state index is -3.44. The van der Waals surface area contributed by atoms with E-state index in [1.54, 1.807) is 0 Å². The number of urea groups is 1. The van der Waals surface area contributed by atoms with Gasteiger partial charge in [0.1, 0.15) is 0 Å². The third kappa shape index (κ3) is 6.63. The van der Waals surface area contributed by atoms with Gasteiger partial charge in [-0.25, -0.2) is 21.6 Å². The minimum absolute atomic E-state index is 0.0538. The first kappa shape index (κ1) is 21.3. The van der Waals surface area contributed by atoms with Crippen LogP contribution in [-0.4, -0.2) is 109 Å². The second kappa shape index (κ2) is 9.80. The number of nitrogens with one attached hydrogen (secondary N) is 2. The summed E-state index contributed by atoms with van der Waals surface area (Å²) in [6.07, 6.45) is 0. The summed E-state index contributed by atoms with van der Waals surface area (Å²) >= 11 is 0. The van der Waals surface area contributed by atoms with Crippen molar-refractivity contribution >= 4 is 26.1 Å². The van der Waals surface area contributed by atoms with E-state index >= 15 is 0 Å². The average molecular weight is 415 g/mol. The predicted molar refractivity (Wildman–Crippen MR) is 93.8 cm³/mol. The number of sulfonamides is 2. The van der Waals surface area contributed by atoms with Crippen LogP contribution in [0.4, 0.5) is 4.79 Å². The van der Waals surface area contributed by atoms with E-state index in [1.807, 2.05) is 0 Å². The van der Waals surface area contributed by atoms with Gasteiger partial charge in [0.15, 0.2) is 0 Å². The lowest BCUT2D eigenvalue weighted by Gasteiger charge is -2.26. The van der Waals surface area contributed by atoms with Gasteiger partial charge >= 0.3 is 6.03 Å². The van der Waals surface area contributed by atoms with Crippen molar-refractivity contribution in [3.63, 3.8) is 0 Å². The molecule has 0 spiro atoms. The van der Waals surface area contributed by atoms with Crippen LogP contribution in [0.1, 0.15) is 0 Å². The van der Waals surface area contributed by atoms with Crippen LogP contribution >= 0.6 is 0 Å². The van der Waals surface area contributed by atoms with Gasteiger partial charge in [-0.15, -0.1) is 0 Å². The fourth-order valence-corrected chi connectivity index (χ4v) is 5.20. The number of rotatable bonds is 8. The number of morpholine rings is 2. The Bertz CT molecular complexity index is 600. The number of hydrogen-bond acceptors (Lipinski definition) is 7. The van der Waals surface area contributed by atoms with Gasteiger partial charge in [-0.05, 0) is 0 Å². The van der Waals surface area contributed by atoms with Crippen LogP contribution in [0.15, 0.2) is 0 Å². The Morgan fingerprint density at radius 1 is 0.731 bits per heavy atom. The van der Waals surface area contributed by atoms with Crippen LogP contribution in [-0.2, 0) is 29.5 Å². The number of amides is 2. The van der Waals surface area contributed by atoms with Gasteiger partial charge in [-0.1, -0.05) is 0 Å². The summed E-state index contributed by atoms with van der Waals surface area (Å²) in [4.78, 5) is 11.7. The number of carbonyl (C=O) groups is 1. The Balaban J connectivity index is 1.64. The van der Waals surface area contributed by atoms with Crippen molar-refractivity contribution in [1.29, 1.82) is 0 Å². The van der Waals surface area contributed by atoms with Crippen LogP contribution in [0.3, 0.4) is 0 Å². The molecule has 2 fully saturated rings. The van der Waals surface area contributed by atoms with Gasteiger partial charge in [-0.2, -0.15) is 8.61 Å². The Morgan fingerprint density at radius 2 is 1.08 bits per heavy atom. The van der Waals surface area contributed by atoms with Gasteiger partial charge in [-0.3, -0.25) is 0 Å². The largest absolute Gasteiger partial charge is 0.379 e. The van der Waals surface area contributed by atoms with E-state index in [9.17, 15) is 21.6 Å². The number of ether oxygens (including phenoxy) is 2. The van der Waals surface area contributed by atoms with E-state index in [1.165, 1.54) is 8.61 Å². The summed E-state index contributed by atoms with van der Waals surface area (Å²) in [5, 5.41) is 4.86. The molecule has 2 aliphatic heterocycles. The van der Waals surface area contributed by atoms with Crippen molar-refractivity contribution in [3.05, 3.63) is 0 Å². The molecule has 26 heavy (non-hydrogen) atoms. The SMILES string of the molecule is O=C(NCCS(=O)(=O)N1CCOCC1)NCCS(=O)(=O)N1CCOCC1. The molecule has 2 rings (SSSR count). The zero-order valence-electron chi connectivity index (χ0n) is 14.6. The Hall–Kier alpha value is -0.990. The normalized spacial score (nSPS) is 20.6. The molecule has 13 heteroatoms. The van der Waals surface area contributed by atoms with Crippen LogP contribution in [0.25, 0.3) is 0 Å². The number of hydrogen-bond donors (Lipinski definition) is 2. The topological polar surface area (TPSA) is 134 Å². The molecule has 0 aromatic heterocycles. The highest BCUT2D eigenvalue weighted by Crippen LogP contribution is 2.05. The van der Waals surface area contributed by atoms with E-state index in [0.29, 0.717) is 52.6 Å². The lowest BCUT2D eigenvalue weighted by Crippen LogP contribution is -2.46. The summed E-state index contributed by atoms with van der Waals surface area (Å²) < 4.78 is 61.3. The lowest BCUT2D eigenvalue weighted by molar-refractivity contribution is 0.0730. The molecule has 0 unspecified atom stereocenters. The Labute approximate surface area is 154 Å². The van der Waals surface area contributed by atoms with Crippen LogP contribution < -0.4 is 10.6 Å². The highest BCUT2D eigenvalue weighted by molar-refractivity contribution is 7.89. The van der Waals surface area contributed by atoms with E-state index in [0.717, 1.165) is 0 Å². The molecule has 0 atom stereocenters. The quantitative estimate of drug-likeness (QED) is 0.452. The molecule has 2 heterocycles.